The number of methoxy groups -OCH3 is 1. The quantitative estimate of drug-likeness (QED) is 0.508. The monoisotopic (exact) mass is 165 g/mol. The molecule has 0 bridgehead atoms. The largest absolute Gasteiger partial charge is 0.481 e. The summed E-state index contributed by atoms with van der Waals surface area (Å²) in [4.78, 5) is 3.98. The fourth-order valence-electron chi connectivity index (χ4n) is 0.948. The van der Waals surface area contributed by atoms with Crippen LogP contribution in [0.5, 0.6) is 5.88 Å². The molecule has 1 heterocycles. The first-order valence-corrected chi connectivity index (χ1v) is 3.55. The van der Waals surface area contributed by atoms with E-state index in [1.165, 1.54) is 0 Å². The second kappa shape index (κ2) is 3.71. The molecule has 0 aromatic carbocycles. The van der Waals surface area contributed by atoms with Crippen LogP contribution in [0.4, 0.5) is 0 Å². The van der Waals surface area contributed by atoms with Crippen LogP contribution in [0.15, 0.2) is 18.3 Å². The van der Waals surface area contributed by atoms with Crippen molar-refractivity contribution in [2.75, 3.05) is 7.11 Å². The van der Waals surface area contributed by atoms with Gasteiger partial charge in [0.15, 0.2) is 0 Å². The van der Waals surface area contributed by atoms with E-state index in [2.05, 4.69) is 4.98 Å². The Balaban J connectivity index is 2.89. The van der Waals surface area contributed by atoms with Crippen molar-refractivity contribution >= 4 is 5.84 Å². The molecule has 0 saturated heterocycles. The second-order valence-corrected chi connectivity index (χ2v) is 2.37. The topological polar surface area (TPSA) is 72.0 Å². The van der Waals surface area contributed by atoms with Crippen LogP contribution in [0.1, 0.15) is 5.56 Å². The highest BCUT2D eigenvalue weighted by molar-refractivity contribution is 5.79. The molecule has 0 aliphatic rings. The van der Waals surface area contributed by atoms with Gasteiger partial charge in [0.1, 0.15) is 0 Å². The predicted molar refractivity (Wildman–Crippen MR) is 46.4 cm³/mol. The molecule has 1 rings (SSSR count). The summed E-state index contributed by atoms with van der Waals surface area (Å²) in [6, 6.07) is 3.63. The number of pyridine rings is 1. The standard InChI is InChI=1S/C8H11N3O/c1-12-8-6(5-7(9)10)3-2-4-11-8/h2-4H,5H2,1H3,(H3,9,10). The average molecular weight is 165 g/mol. The van der Waals surface area contributed by atoms with Gasteiger partial charge in [0.2, 0.25) is 5.88 Å². The van der Waals surface area contributed by atoms with Crippen LogP contribution in [-0.4, -0.2) is 17.9 Å². The van der Waals surface area contributed by atoms with Crippen molar-refractivity contribution in [3.8, 4) is 5.88 Å². The van der Waals surface area contributed by atoms with Gasteiger partial charge in [0.25, 0.3) is 0 Å². The zero-order valence-corrected chi connectivity index (χ0v) is 6.87. The Kier molecular flexibility index (Phi) is 2.63. The van der Waals surface area contributed by atoms with Gasteiger partial charge in [-0.1, -0.05) is 6.07 Å². The van der Waals surface area contributed by atoms with Crippen LogP contribution in [0.25, 0.3) is 0 Å². The van der Waals surface area contributed by atoms with E-state index in [1.54, 1.807) is 19.4 Å². The van der Waals surface area contributed by atoms with Gasteiger partial charge in [-0.2, -0.15) is 0 Å². The van der Waals surface area contributed by atoms with Crippen molar-refractivity contribution in [1.82, 2.24) is 4.98 Å². The maximum Gasteiger partial charge on any atom is 0.216 e. The summed E-state index contributed by atoms with van der Waals surface area (Å²) >= 11 is 0. The maximum atomic E-state index is 7.10. The van der Waals surface area contributed by atoms with E-state index in [4.69, 9.17) is 15.9 Å². The number of nitrogens with two attached hydrogens (primary N) is 1. The second-order valence-electron chi connectivity index (χ2n) is 2.37. The minimum Gasteiger partial charge on any atom is -0.481 e. The van der Waals surface area contributed by atoms with Crippen molar-refractivity contribution in [3.63, 3.8) is 0 Å². The highest BCUT2D eigenvalue weighted by Crippen LogP contribution is 2.13. The van der Waals surface area contributed by atoms with E-state index in [1.807, 2.05) is 6.07 Å². The Morgan fingerprint density at radius 3 is 3.08 bits per heavy atom. The van der Waals surface area contributed by atoms with E-state index >= 15 is 0 Å². The van der Waals surface area contributed by atoms with E-state index in [0.29, 0.717) is 12.3 Å². The summed E-state index contributed by atoms with van der Waals surface area (Å²) in [5.41, 5.74) is 6.09. The summed E-state index contributed by atoms with van der Waals surface area (Å²) in [5, 5.41) is 7.10. The number of ether oxygens (including phenoxy) is 1. The first-order chi connectivity index (χ1) is 5.74. The zero-order valence-electron chi connectivity index (χ0n) is 6.87. The van der Waals surface area contributed by atoms with Crippen molar-refractivity contribution in [2.45, 2.75) is 6.42 Å². The third-order valence-corrected chi connectivity index (χ3v) is 1.42. The number of hydrogen-bond acceptors (Lipinski definition) is 3. The first-order valence-electron chi connectivity index (χ1n) is 3.55. The molecular formula is C8H11N3O. The summed E-state index contributed by atoms with van der Waals surface area (Å²) in [6.45, 7) is 0. The normalized spacial score (nSPS) is 9.42. The highest BCUT2D eigenvalue weighted by atomic mass is 16.5. The lowest BCUT2D eigenvalue weighted by Crippen LogP contribution is -2.13. The Labute approximate surface area is 70.9 Å². The average Bonchev–Trinajstić information content (AvgIpc) is 2.04. The molecule has 64 valence electrons. The summed E-state index contributed by atoms with van der Waals surface area (Å²) in [7, 11) is 1.55. The molecule has 3 N–H and O–H groups in total. The zero-order chi connectivity index (χ0) is 8.97. The molecule has 12 heavy (non-hydrogen) atoms. The molecule has 0 saturated carbocycles. The van der Waals surface area contributed by atoms with E-state index in [-0.39, 0.29) is 5.84 Å². The molecule has 1 aromatic rings. The molecule has 4 nitrogen and oxygen atoms in total. The van der Waals surface area contributed by atoms with Gasteiger partial charge < -0.3 is 10.5 Å². The maximum absolute atomic E-state index is 7.10. The molecule has 0 fully saturated rings. The smallest absolute Gasteiger partial charge is 0.216 e. The molecular weight excluding hydrogens is 154 g/mol. The Bertz CT molecular complexity index is 285. The van der Waals surface area contributed by atoms with Crippen LogP contribution in [-0.2, 0) is 6.42 Å². The highest BCUT2D eigenvalue weighted by Gasteiger charge is 2.03. The van der Waals surface area contributed by atoms with Crippen LogP contribution < -0.4 is 10.5 Å². The molecule has 1 aromatic heterocycles. The van der Waals surface area contributed by atoms with Crippen LogP contribution >= 0.6 is 0 Å². The fraction of sp³-hybridized carbons (Fsp3) is 0.250. The molecule has 0 spiro atoms. The number of aromatic nitrogens is 1. The Hall–Kier alpha value is -1.58. The predicted octanol–water partition coefficient (Wildman–Crippen LogP) is 0.569. The van der Waals surface area contributed by atoms with Crippen molar-refractivity contribution in [2.24, 2.45) is 5.73 Å². The van der Waals surface area contributed by atoms with Crippen molar-refractivity contribution < 1.29 is 4.74 Å². The third-order valence-electron chi connectivity index (χ3n) is 1.42. The number of rotatable bonds is 3. The molecule has 0 aliphatic carbocycles. The van der Waals surface area contributed by atoms with Gasteiger partial charge in [-0.3, -0.25) is 5.41 Å². The van der Waals surface area contributed by atoms with E-state index in [0.717, 1.165) is 5.56 Å². The summed E-state index contributed by atoms with van der Waals surface area (Å²) < 4.78 is 4.98. The Morgan fingerprint density at radius 1 is 1.75 bits per heavy atom. The Morgan fingerprint density at radius 2 is 2.50 bits per heavy atom. The van der Waals surface area contributed by atoms with Crippen LogP contribution in [0.2, 0.25) is 0 Å². The van der Waals surface area contributed by atoms with E-state index in [9.17, 15) is 0 Å². The minimum atomic E-state index is 0.112. The molecule has 0 unspecified atom stereocenters. The molecule has 0 radical (unpaired) electrons. The lowest BCUT2D eigenvalue weighted by Gasteiger charge is -2.04. The number of hydrogen-bond donors (Lipinski definition) is 2. The molecule has 0 atom stereocenters. The van der Waals surface area contributed by atoms with Crippen LogP contribution in [0.3, 0.4) is 0 Å². The van der Waals surface area contributed by atoms with Crippen molar-refractivity contribution in [1.29, 1.82) is 5.41 Å². The van der Waals surface area contributed by atoms with Crippen LogP contribution in [0, 0.1) is 5.41 Å². The van der Waals surface area contributed by atoms with E-state index < -0.39 is 0 Å². The third kappa shape index (κ3) is 1.95. The lowest BCUT2D eigenvalue weighted by atomic mass is 10.2. The molecule has 0 amide bonds. The van der Waals surface area contributed by atoms with Gasteiger partial charge >= 0.3 is 0 Å². The van der Waals surface area contributed by atoms with Gasteiger partial charge in [-0.15, -0.1) is 0 Å². The SMILES string of the molecule is COc1ncccc1CC(=N)N. The number of nitrogens with zero attached hydrogens (tertiary/aromatic N) is 1. The molecule has 4 heteroatoms. The van der Waals surface area contributed by atoms with Gasteiger partial charge in [-0.25, -0.2) is 4.98 Å². The number of amidine groups is 1. The first kappa shape index (κ1) is 8.52. The molecule has 0 aliphatic heterocycles. The number of nitrogens with one attached hydrogen (secondary N) is 1. The van der Waals surface area contributed by atoms with Gasteiger partial charge in [0, 0.05) is 18.2 Å². The fourth-order valence-corrected chi connectivity index (χ4v) is 0.948. The summed E-state index contributed by atoms with van der Waals surface area (Å²) in [5.74, 6) is 0.647. The summed E-state index contributed by atoms with van der Waals surface area (Å²) in [6.07, 6.45) is 2.03. The van der Waals surface area contributed by atoms with Crippen molar-refractivity contribution in [3.05, 3.63) is 23.9 Å². The minimum absolute atomic E-state index is 0.112. The lowest BCUT2D eigenvalue weighted by molar-refractivity contribution is 0.394. The van der Waals surface area contributed by atoms with Gasteiger partial charge in [0.05, 0.1) is 12.9 Å². The van der Waals surface area contributed by atoms with Gasteiger partial charge in [-0.05, 0) is 6.07 Å².